The standard InChI is InChI=1S/C12H18N6O5/c1-4(19)14-2-5-7(20)8(21)11(23-5)18-3-15-6-9(18)16-12(13)17-10(6)22/h5,7-8,11,15,20-21H,2-3H2,1H3,(H,14,19)(H3,13,16,17,22). The van der Waals surface area contributed by atoms with Crippen LogP contribution in [0.3, 0.4) is 0 Å². The summed E-state index contributed by atoms with van der Waals surface area (Å²) in [6.45, 7) is 1.56. The number of aliphatic hydroxyl groups is 2. The number of H-pyrrole nitrogens is 1. The lowest BCUT2D eigenvalue weighted by atomic mass is 10.1. The summed E-state index contributed by atoms with van der Waals surface area (Å²) in [5.74, 6) is -0.0964. The van der Waals surface area contributed by atoms with Crippen molar-refractivity contribution in [1.29, 1.82) is 0 Å². The second-order valence-corrected chi connectivity index (χ2v) is 5.44. The highest BCUT2D eigenvalue weighted by Crippen LogP contribution is 2.33. The molecule has 3 heterocycles. The van der Waals surface area contributed by atoms with Gasteiger partial charge in [0.2, 0.25) is 11.9 Å². The van der Waals surface area contributed by atoms with Crippen LogP contribution in [-0.2, 0) is 9.53 Å². The minimum atomic E-state index is -1.23. The lowest BCUT2D eigenvalue weighted by molar-refractivity contribution is -0.119. The fraction of sp³-hybridized carbons (Fsp3) is 0.583. The molecule has 0 aromatic carbocycles. The van der Waals surface area contributed by atoms with Gasteiger partial charge < -0.3 is 36.2 Å². The van der Waals surface area contributed by atoms with E-state index in [1.54, 1.807) is 0 Å². The summed E-state index contributed by atoms with van der Waals surface area (Å²) in [6.07, 6.45) is -4.12. The zero-order valence-electron chi connectivity index (χ0n) is 12.3. The van der Waals surface area contributed by atoms with E-state index < -0.39 is 30.1 Å². The number of fused-ring (bicyclic) bond motifs is 1. The van der Waals surface area contributed by atoms with Crippen LogP contribution in [0.25, 0.3) is 0 Å². The number of carbonyl (C=O) groups excluding carboxylic acids is 1. The van der Waals surface area contributed by atoms with E-state index in [0.29, 0.717) is 0 Å². The van der Waals surface area contributed by atoms with Crippen LogP contribution >= 0.6 is 0 Å². The van der Waals surface area contributed by atoms with Crippen molar-refractivity contribution in [2.24, 2.45) is 0 Å². The normalized spacial score (nSPS) is 29.3. The van der Waals surface area contributed by atoms with Crippen LogP contribution in [0.1, 0.15) is 6.92 Å². The zero-order valence-corrected chi connectivity index (χ0v) is 12.3. The quantitative estimate of drug-likeness (QED) is 0.342. The molecule has 1 fully saturated rings. The topological polar surface area (TPSA) is 166 Å². The summed E-state index contributed by atoms with van der Waals surface area (Å²) in [6, 6.07) is 0. The lowest BCUT2D eigenvalue weighted by Crippen LogP contribution is -2.44. The molecule has 0 saturated carbocycles. The molecule has 2 aliphatic heterocycles. The molecule has 11 heteroatoms. The summed E-state index contributed by atoms with van der Waals surface area (Å²) in [5.41, 5.74) is 5.33. The molecule has 0 spiro atoms. The van der Waals surface area contributed by atoms with E-state index in [4.69, 9.17) is 10.5 Å². The molecule has 0 aliphatic carbocycles. The maximum Gasteiger partial charge on any atom is 0.277 e. The van der Waals surface area contributed by atoms with Gasteiger partial charge in [-0.2, -0.15) is 4.98 Å². The Bertz CT molecular complexity index is 678. The van der Waals surface area contributed by atoms with Crippen molar-refractivity contribution in [3.63, 3.8) is 0 Å². The first-order valence-corrected chi connectivity index (χ1v) is 7.05. The molecule has 1 amide bonds. The van der Waals surface area contributed by atoms with Crippen molar-refractivity contribution in [3.05, 3.63) is 10.4 Å². The smallest absolute Gasteiger partial charge is 0.277 e. The molecule has 23 heavy (non-hydrogen) atoms. The van der Waals surface area contributed by atoms with E-state index in [2.05, 4.69) is 20.6 Å². The van der Waals surface area contributed by atoms with Gasteiger partial charge in [-0.25, -0.2) is 0 Å². The maximum absolute atomic E-state index is 11.8. The molecule has 3 rings (SSSR count). The van der Waals surface area contributed by atoms with Crippen molar-refractivity contribution < 1.29 is 19.7 Å². The van der Waals surface area contributed by atoms with Crippen LogP contribution in [0, 0.1) is 0 Å². The van der Waals surface area contributed by atoms with Gasteiger partial charge in [-0.3, -0.25) is 14.6 Å². The third-order valence-corrected chi connectivity index (χ3v) is 3.81. The molecule has 11 nitrogen and oxygen atoms in total. The fourth-order valence-corrected chi connectivity index (χ4v) is 2.69. The molecule has 1 aromatic heterocycles. The highest BCUT2D eigenvalue weighted by molar-refractivity contribution is 5.73. The van der Waals surface area contributed by atoms with Crippen molar-refractivity contribution >= 4 is 23.4 Å². The fourth-order valence-electron chi connectivity index (χ4n) is 2.69. The molecule has 126 valence electrons. The molecule has 1 aromatic rings. The Morgan fingerprint density at radius 3 is 2.96 bits per heavy atom. The monoisotopic (exact) mass is 326 g/mol. The lowest BCUT2D eigenvalue weighted by Gasteiger charge is -2.26. The minimum absolute atomic E-state index is 0.0587. The molecule has 0 bridgehead atoms. The summed E-state index contributed by atoms with van der Waals surface area (Å²) in [7, 11) is 0. The number of nitrogen functional groups attached to an aromatic ring is 1. The number of amides is 1. The van der Waals surface area contributed by atoms with Gasteiger partial charge >= 0.3 is 0 Å². The second-order valence-electron chi connectivity index (χ2n) is 5.44. The Morgan fingerprint density at radius 2 is 2.26 bits per heavy atom. The van der Waals surface area contributed by atoms with Gasteiger partial charge in [-0.15, -0.1) is 0 Å². The van der Waals surface area contributed by atoms with Gasteiger partial charge in [-0.1, -0.05) is 0 Å². The third-order valence-electron chi connectivity index (χ3n) is 3.81. The Hall–Kier alpha value is -2.37. The number of hydrogen-bond acceptors (Lipinski definition) is 9. The number of aromatic nitrogens is 2. The van der Waals surface area contributed by atoms with E-state index in [1.165, 1.54) is 11.8 Å². The van der Waals surface area contributed by atoms with Crippen LogP contribution < -0.4 is 26.8 Å². The second kappa shape index (κ2) is 5.68. The number of rotatable bonds is 3. The van der Waals surface area contributed by atoms with Crippen LogP contribution in [0.15, 0.2) is 4.79 Å². The van der Waals surface area contributed by atoms with Gasteiger partial charge in [0, 0.05) is 13.5 Å². The zero-order chi connectivity index (χ0) is 16.7. The predicted octanol–water partition coefficient (Wildman–Crippen LogP) is -2.88. The Morgan fingerprint density at radius 1 is 1.52 bits per heavy atom. The minimum Gasteiger partial charge on any atom is -0.387 e. The molecule has 4 atom stereocenters. The van der Waals surface area contributed by atoms with Crippen LogP contribution in [-0.4, -0.2) is 63.8 Å². The number of hydrogen-bond donors (Lipinski definition) is 6. The van der Waals surface area contributed by atoms with Crippen molar-refractivity contribution in [3.8, 4) is 0 Å². The average molecular weight is 326 g/mol. The first-order valence-electron chi connectivity index (χ1n) is 7.05. The van der Waals surface area contributed by atoms with Gasteiger partial charge in [0.15, 0.2) is 12.0 Å². The maximum atomic E-state index is 11.8. The molecule has 2 aliphatic rings. The molecular weight excluding hydrogens is 308 g/mol. The number of nitrogens with one attached hydrogen (secondary N) is 3. The Kier molecular flexibility index (Phi) is 3.83. The number of aliphatic hydroxyl groups excluding tert-OH is 2. The number of carbonyl (C=O) groups is 1. The summed E-state index contributed by atoms with van der Waals surface area (Å²) < 4.78 is 5.64. The average Bonchev–Trinajstić information content (AvgIpc) is 3.00. The Balaban J connectivity index is 1.82. The van der Waals surface area contributed by atoms with Crippen molar-refractivity contribution in [1.82, 2.24) is 15.3 Å². The number of nitrogens with two attached hydrogens (primary N) is 1. The van der Waals surface area contributed by atoms with E-state index in [1.807, 2.05) is 0 Å². The van der Waals surface area contributed by atoms with Crippen molar-refractivity contribution in [2.45, 2.75) is 31.5 Å². The number of nitrogens with zero attached hydrogens (tertiary/aromatic N) is 2. The number of ether oxygens (including phenoxy) is 1. The number of aromatic amines is 1. The molecule has 1 saturated heterocycles. The van der Waals surface area contributed by atoms with E-state index in [0.717, 1.165) is 0 Å². The van der Waals surface area contributed by atoms with E-state index in [-0.39, 0.29) is 36.6 Å². The van der Waals surface area contributed by atoms with Gasteiger partial charge in [0.05, 0.1) is 6.67 Å². The molecule has 4 unspecified atom stereocenters. The first-order chi connectivity index (χ1) is 10.9. The van der Waals surface area contributed by atoms with Crippen molar-refractivity contribution in [2.75, 3.05) is 29.2 Å². The SMILES string of the molecule is CC(=O)NCC1OC(N2CNc3c2nc(N)[nH]c3=O)C(O)C1O. The molecular formula is C12H18N6O5. The van der Waals surface area contributed by atoms with E-state index in [9.17, 15) is 19.8 Å². The summed E-state index contributed by atoms with van der Waals surface area (Å²) in [5, 5.41) is 25.7. The number of anilines is 3. The predicted molar refractivity (Wildman–Crippen MR) is 79.6 cm³/mol. The molecule has 0 radical (unpaired) electrons. The van der Waals surface area contributed by atoms with Crippen LogP contribution in [0.2, 0.25) is 0 Å². The summed E-state index contributed by atoms with van der Waals surface area (Å²) >= 11 is 0. The third kappa shape index (κ3) is 2.69. The molecule has 7 N–H and O–H groups in total. The Labute approximate surface area is 130 Å². The first kappa shape index (κ1) is 15.5. The highest BCUT2D eigenvalue weighted by atomic mass is 16.6. The van der Waals surface area contributed by atoms with Gasteiger partial charge in [-0.05, 0) is 0 Å². The van der Waals surface area contributed by atoms with Gasteiger partial charge in [0.1, 0.15) is 24.0 Å². The highest BCUT2D eigenvalue weighted by Gasteiger charge is 2.47. The van der Waals surface area contributed by atoms with Crippen LogP contribution in [0.5, 0.6) is 0 Å². The van der Waals surface area contributed by atoms with Gasteiger partial charge in [0.25, 0.3) is 5.56 Å². The summed E-state index contributed by atoms with van der Waals surface area (Å²) in [4.78, 5) is 30.7. The van der Waals surface area contributed by atoms with Crippen LogP contribution in [0.4, 0.5) is 17.5 Å². The van der Waals surface area contributed by atoms with E-state index >= 15 is 0 Å². The largest absolute Gasteiger partial charge is 0.387 e.